The number of hydrogen-bond donors (Lipinski definition) is 2. The molecule has 0 saturated heterocycles. The maximum Gasteiger partial charge on any atom is 0.269 e. The van der Waals surface area contributed by atoms with Gasteiger partial charge in [-0.25, -0.2) is 15.3 Å². The third kappa shape index (κ3) is 2.29. The maximum atomic E-state index is 11.3. The summed E-state index contributed by atoms with van der Waals surface area (Å²) in [5.41, 5.74) is 2.72. The van der Waals surface area contributed by atoms with Gasteiger partial charge in [0.05, 0.1) is 5.56 Å². The summed E-state index contributed by atoms with van der Waals surface area (Å²) in [5.74, 6) is 4.56. The molecule has 2 heterocycles. The Morgan fingerprint density at radius 1 is 1.56 bits per heavy atom. The number of nitrogens with two attached hydrogens (primary N) is 1. The molecule has 0 radical (unpaired) electrons. The molecule has 3 N–H and O–H groups in total. The van der Waals surface area contributed by atoms with Crippen molar-refractivity contribution in [1.29, 1.82) is 0 Å². The molecule has 6 nitrogen and oxygen atoms in total. The van der Waals surface area contributed by atoms with Gasteiger partial charge in [0.2, 0.25) is 0 Å². The zero-order chi connectivity index (χ0) is 12.1. The minimum atomic E-state index is -0.453. The Hall–Kier alpha value is -1.66. The monoisotopic (exact) mass is 241 g/mol. The van der Waals surface area contributed by atoms with Crippen LogP contribution in [0.25, 0.3) is 5.65 Å². The number of hydrogen-bond acceptors (Lipinski definition) is 4. The zero-order valence-electron chi connectivity index (χ0n) is 8.94. The van der Waals surface area contributed by atoms with E-state index >= 15 is 0 Å². The minimum Gasteiger partial charge on any atom is -0.290 e. The Kier molecular flexibility index (Phi) is 4.21. The Bertz CT molecular complexity index is 496. The number of halogens is 1. The van der Waals surface area contributed by atoms with Crippen LogP contribution in [-0.2, 0) is 0 Å². The molecule has 2 aromatic heterocycles. The summed E-state index contributed by atoms with van der Waals surface area (Å²) in [4.78, 5) is 15.3. The molecular formula is C9H12ClN5O. The number of amides is 1. The number of imidazole rings is 1. The van der Waals surface area contributed by atoms with Crippen molar-refractivity contribution in [3.63, 3.8) is 0 Å². The van der Waals surface area contributed by atoms with E-state index < -0.39 is 5.91 Å². The van der Waals surface area contributed by atoms with Gasteiger partial charge in [0, 0.05) is 12.4 Å². The van der Waals surface area contributed by atoms with Crippen molar-refractivity contribution in [3.05, 3.63) is 29.2 Å². The largest absolute Gasteiger partial charge is 0.290 e. The molecular weight excluding hydrogens is 230 g/mol. The van der Waals surface area contributed by atoms with Crippen LogP contribution in [0.4, 0.5) is 0 Å². The van der Waals surface area contributed by atoms with E-state index in [0.29, 0.717) is 5.65 Å². The molecule has 0 atom stereocenters. The van der Waals surface area contributed by atoms with Crippen LogP contribution in [-0.4, -0.2) is 20.5 Å². The third-order valence-corrected chi connectivity index (χ3v) is 1.89. The highest BCUT2D eigenvalue weighted by molar-refractivity contribution is 6.29. The fourth-order valence-corrected chi connectivity index (χ4v) is 1.32. The smallest absolute Gasteiger partial charge is 0.269 e. The molecule has 0 aliphatic rings. The first kappa shape index (κ1) is 12.4. The van der Waals surface area contributed by atoms with Gasteiger partial charge in [-0.15, -0.1) is 0 Å². The summed E-state index contributed by atoms with van der Waals surface area (Å²) in [5, 5.41) is 4.11. The van der Waals surface area contributed by atoms with E-state index in [1.807, 2.05) is 19.3 Å². The second kappa shape index (κ2) is 5.43. The molecule has 0 unspecified atom stereocenters. The molecule has 0 fully saturated rings. The first-order chi connectivity index (χ1) is 7.72. The molecule has 0 spiro atoms. The van der Waals surface area contributed by atoms with Crippen molar-refractivity contribution in [1.82, 2.24) is 20.0 Å². The number of nitrogen functional groups attached to an aromatic ring is 1. The molecule has 1 amide bonds. The second-order valence-corrected chi connectivity index (χ2v) is 2.94. The highest BCUT2D eigenvalue weighted by Crippen LogP contribution is 2.12. The molecule has 0 aromatic carbocycles. The van der Waals surface area contributed by atoms with Crippen molar-refractivity contribution in [2.24, 2.45) is 5.84 Å². The Balaban J connectivity index is 0.000000606. The topological polar surface area (TPSA) is 85.3 Å². The van der Waals surface area contributed by atoms with Gasteiger partial charge in [0.1, 0.15) is 0 Å². The summed E-state index contributed by atoms with van der Waals surface area (Å²) in [6, 6.07) is 1.41. The number of aromatic nitrogens is 3. The quantitative estimate of drug-likeness (QED) is 0.443. The lowest BCUT2D eigenvalue weighted by Crippen LogP contribution is -2.30. The van der Waals surface area contributed by atoms with Crippen molar-refractivity contribution in [3.8, 4) is 0 Å². The lowest BCUT2D eigenvalue weighted by atomic mass is 10.3. The van der Waals surface area contributed by atoms with Crippen molar-refractivity contribution in [2.75, 3.05) is 0 Å². The lowest BCUT2D eigenvalue weighted by molar-refractivity contribution is 0.0954. The van der Waals surface area contributed by atoms with Gasteiger partial charge in [-0.2, -0.15) is 5.10 Å². The summed E-state index contributed by atoms with van der Waals surface area (Å²) < 4.78 is 1.41. The first-order valence-electron chi connectivity index (χ1n) is 4.73. The van der Waals surface area contributed by atoms with Crippen LogP contribution in [0.15, 0.2) is 18.5 Å². The Morgan fingerprint density at radius 2 is 2.25 bits per heavy atom. The number of carbonyl (C=O) groups excluding carboxylic acids is 1. The molecule has 0 aliphatic heterocycles. The molecule has 0 saturated carbocycles. The van der Waals surface area contributed by atoms with Crippen molar-refractivity contribution < 1.29 is 4.79 Å². The SMILES string of the molecule is CC.NNC(=O)c1cc(Cl)nn2ccnc12. The van der Waals surface area contributed by atoms with E-state index in [1.165, 1.54) is 16.8 Å². The van der Waals surface area contributed by atoms with Crippen LogP contribution in [0.3, 0.4) is 0 Å². The summed E-state index contributed by atoms with van der Waals surface area (Å²) in [6.45, 7) is 4.00. The fourth-order valence-electron chi connectivity index (χ4n) is 1.13. The zero-order valence-corrected chi connectivity index (χ0v) is 9.69. The van der Waals surface area contributed by atoms with E-state index in [-0.39, 0.29) is 10.7 Å². The van der Waals surface area contributed by atoms with Crippen molar-refractivity contribution in [2.45, 2.75) is 13.8 Å². The molecule has 16 heavy (non-hydrogen) atoms. The number of nitrogens with one attached hydrogen (secondary N) is 1. The predicted molar refractivity (Wildman–Crippen MR) is 61.0 cm³/mol. The van der Waals surface area contributed by atoms with Gasteiger partial charge in [0.15, 0.2) is 10.8 Å². The first-order valence-corrected chi connectivity index (χ1v) is 5.11. The fraction of sp³-hybridized carbons (Fsp3) is 0.222. The minimum absolute atomic E-state index is 0.203. The van der Waals surface area contributed by atoms with Crippen LogP contribution in [0.5, 0.6) is 0 Å². The highest BCUT2D eigenvalue weighted by atomic mass is 35.5. The molecule has 0 bridgehead atoms. The number of carbonyl (C=O) groups is 1. The normalized spacial score (nSPS) is 9.50. The third-order valence-electron chi connectivity index (χ3n) is 1.71. The van der Waals surface area contributed by atoms with E-state index in [9.17, 15) is 4.79 Å². The maximum absolute atomic E-state index is 11.3. The van der Waals surface area contributed by atoms with Crippen LogP contribution in [0, 0.1) is 0 Å². The van der Waals surface area contributed by atoms with Gasteiger partial charge in [-0.1, -0.05) is 25.4 Å². The molecule has 2 rings (SSSR count). The van der Waals surface area contributed by atoms with Crippen LogP contribution in [0.1, 0.15) is 24.2 Å². The molecule has 0 aliphatic carbocycles. The van der Waals surface area contributed by atoms with Crippen LogP contribution in [0.2, 0.25) is 5.15 Å². The van der Waals surface area contributed by atoms with Gasteiger partial charge in [0.25, 0.3) is 5.91 Å². The number of fused-ring (bicyclic) bond motifs is 1. The van der Waals surface area contributed by atoms with E-state index in [4.69, 9.17) is 17.4 Å². The second-order valence-electron chi connectivity index (χ2n) is 2.55. The van der Waals surface area contributed by atoms with Gasteiger partial charge < -0.3 is 0 Å². The number of hydrazine groups is 1. The Labute approximate surface area is 97.4 Å². The van der Waals surface area contributed by atoms with E-state index in [2.05, 4.69) is 10.1 Å². The standard InChI is InChI=1S/C7H6ClN5O.C2H6/c8-5-3-4(7(14)11-9)6-10-1-2-13(6)12-5;1-2/h1-3H,9H2,(H,11,14);1-2H3. The highest BCUT2D eigenvalue weighted by Gasteiger charge is 2.12. The predicted octanol–water partition coefficient (Wildman–Crippen LogP) is 1.01. The Morgan fingerprint density at radius 3 is 2.88 bits per heavy atom. The summed E-state index contributed by atoms with van der Waals surface area (Å²) in [6.07, 6.45) is 3.11. The van der Waals surface area contributed by atoms with E-state index in [1.54, 1.807) is 6.20 Å². The average Bonchev–Trinajstić information content (AvgIpc) is 2.77. The lowest BCUT2D eigenvalue weighted by Gasteiger charge is -2.01. The molecule has 2 aromatic rings. The van der Waals surface area contributed by atoms with Crippen LogP contribution >= 0.6 is 11.6 Å². The molecule has 86 valence electrons. The van der Waals surface area contributed by atoms with Crippen molar-refractivity contribution >= 4 is 23.2 Å². The van der Waals surface area contributed by atoms with Crippen LogP contribution < -0.4 is 11.3 Å². The van der Waals surface area contributed by atoms with Gasteiger partial charge in [-0.05, 0) is 6.07 Å². The summed E-state index contributed by atoms with van der Waals surface area (Å²) in [7, 11) is 0. The number of rotatable bonds is 1. The van der Waals surface area contributed by atoms with Gasteiger partial charge >= 0.3 is 0 Å². The number of nitrogens with zero attached hydrogens (tertiary/aromatic N) is 3. The average molecular weight is 242 g/mol. The summed E-state index contributed by atoms with van der Waals surface area (Å²) >= 11 is 5.70. The van der Waals surface area contributed by atoms with E-state index in [0.717, 1.165) is 0 Å². The molecule has 7 heteroatoms. The van der Waals surface area contributed by atoms with Gasteiger partial charge in [-0.3, -0.25) is 10.2 Å².